The molecule has 0 fully saturated rings. The lowest BCUT2D eigenvalue weighted by atomic mass is 10.3. The maximum Gasteiger partial charge on any atom is 0.297 e. The fourth-order valence-corrected chi connectivity index (χ4v) is 1.72. The molecular formula is C13H11N5O3. The lowest BCUT2D eigenvalue weighted by Crippen LogP contribution is -2.13. The van der Waals surface area contributed by atoms with E-state index in [1.54, 1.807) is 24.4 Å². The SMILES string of the molecule is COc1c(Oc2cn[nH]c2)nc(-c2ccccn2)[nH]c1=O. The Labute approximate surface area is 118 Å². The number of rotatable bonds is 4. The molecule has 0 unspecified atom stereocenters. The van der Waals surface area contributed by atoms with Crippen molar-refractivity contribution < 1.29 is 9.47 Å². The van der Waals surface area contributed by atoms with Gasteiger partial charge in [0, 0.05) is 6.20 Å². The van der Waals surface area contributed by atoms with Gasteiger partial charge in [0.05, 0.1) is 19.5 Å². The van der Waals surface area contributed by atoms with Crippen LogP contribution in [0, 0.1) is 0 Å². The van der Waals surface area contributed by atoms with Crippen LogP contribution in [-0.2, 0) is 0 Å². The van der Waals surface area contributed by atoms with E-state index < -0.39 is 5.56 Å². The predicted octanol–water partition coefficient (Wildman–Crippen LogP) is 1.36. The molecule has 0 saturated heterocycles. The molecule has 0 radical (unpaired) electrons. The van der Waals surface area contributed by atoms with Crippen molar-refractivity contribution in [2.24, 2.45) is 0 Å². The van der Waals surface area contributed by atoms with Crippen molar-refractivity contribution in [2.75, 3.05) is 7.11 Å². The fraction of sp³-hybridized carbons (Fsp3) is 0.0769. The molecule has 3 rings (SSSR count). The average Bonchev–Trinajstić information content (AvgIpc) is 3.01. The maximum absolute atomic E-state index is 12.0. The van der Waals surface area contributed by atoms with Crippen molar-refractivity contribution in [2.45, 2.75) is 0 Å². The first-order valence-electron chi connectivity index (χ1n) is 6.04. The lowest BCUT2D eigenvalue weighted by Gasteiger charge is -2.08. The first kappa shape index (κ1) is 12.9. The Morgan fingerprint density at radius 1 is 1.29 bits per heavy atom. The van der Waals surface area contributed by atoms with E-state index in [0.29, 0.717) is 17.3 Å². The van der Waals surface area contributed by atoms with E-state index in [1.807, 2.05) is 0 Å². The third-order valence-electron chi connectivity index (χ3n) is 2.65. The van der Waals surface area contributed by atoms with Crippen LogP contribution in [0.2, 0.25) is 0 Å². The smallest absolute Gasteiger partial charge is 0.297 e. The topological polar surface area (TPSA) is 106 Å². The molecule has 0 aliphatic rings. The van der Waals surface area contributed by atoms with Crippen LogP contribution in [-0.4, -0.2) is 32.3 Å². The van der Waals surface area contributed by atoms with Gasteiger partial charge in [0.25, 0.3) is 11.4 Å². The van der Waals surface area contributed by atoms with Gasteiger partial charge in [-0.3, -0.25) is 14.9 Å². The Bertz CT molecular complexity index is 783. The zero-order valence-corrected chi connectivity index (χ0v) is 11.0. The van der Waals surface area contributed by atoms with Gasteiger partial charge in [0.2, 0.25) is 5.75 Å². The van der Waals surface area contributed by atoms with E-state index in [9.17, 15) is 4.79 Å². The summed E-state index contributed by atoms with van der Waals surface area (Å²) in [6.45, 7) is 0. The molecule has 106 valence electrons. The number of methoxy groups -OCH3 is 1. The second kappa shape index (κ2) is 5.45. The van der Waals surface area contributed by atoms with Gasteiger partial charge in [-0.2, -0.15) is 10.1 Å². The Hall–Kier alpha value is -3.16. The maximum atomic E-state index is 12.0. The van der Waals surface area contributed by atoms with Crippen molar-refractivity contribution in [1.82, 2.24) is 25.1 Å². The van der Waals surface area contributed by atoms with E-state index in [4.69, 9.17) is 9.47 Å². The third kappa shape index (κ3) is 2.59. The molecule has 0 bridgehead atoms. The molecule has 0 saturated carbocycles. The number of hydrogen-bond acceptors (Lipinski definition) is 6. The highest BCUT2D eigenvalue weighted by Gasteiger charge is 2.16. The van der Waals surface area contributed by atoms with Crippen molar-refractivity contribution in [3.8, 4) is 28.9 Å². The van der Waals surface area contributed by atoms with Gasteiger partial charge in [-0.15, -0.1) is 0 Å². The summed E-state index contributed by atoms with van der Waals surface area (Å²) >= 11 is 0. The molecule has 0 aliphatic carbocycles. The fourth-order valence-electron chi connectivity index (χ4n) is 1.72. The molecular weight excluding hydrogens is 274 g/mol. The number of ether oxygens (including phenoxy) is 2. The normalized spacial score (nSPS) is 10.3. The second-order valence-electron chi connectivity index (χ2n) is 4.00. The summed E-state index contributed by atoms with van der Waals surface area (Å²) in [5, 5.41) is 6.37. The van der Waals surface area contributed by atoms with Crippen LogP contribution in [0.4, 0.5) is 0 Å². The predicted molar refractivity (Wildman–Crippen MR) is 73.3 cm³/mol. The highest BCUT2D eigenvalue weighted by Crippen LogP contribution is 2.26. The van der Waals surface area contributed by atoms with Crippen molar-refractivity contribution in [3.63, 3.8) is 0 Å². The molecule has 8 nitrogen and oxygen atoms in total. The van der Waals surface area contributed by atoms with Gasteiger partial charge in [-0.05, 0) is 12.1 Å². The van der Waals surface area contributed by atoms with Crippen LogP contribution in [0.1, 0.15) is 0 Å². The number of aromatic amines is 2. The zero-order chi connectivity index (χ0) is 14.7. The van der Waals surface area contributed by atoms with Gasteiger partial charge in [-0.25, -0.2) is 0 Å². The molecule has 0 amide bonds. The number of nitrogens with zero attached hydrogens (tertiary/aromatic N) is 3. The van der Waals surface area contributed by atoms with E-state index in [0.717, 1.165) is 0 Å². The molecule has 21 heavy (non-hydrogen) atoms. The number of nitrogens with one attached hydrogen (secondary N) is 2. The van der Waals surface area contributed by atoms with Crippen LogP contribution in [0.3, 0.4) is 0 Å². The average molecular weight is 285 g/mol. The third-order valence-corrected chi connectivity index (χ3v) is 2.65. The van der Waals surface area contributed by atoms with Crippen molar-refractivity contribution in [3.05, 3.63) is 47.1 Å². The van der Waals surface area contributed by atoms with Gasteiger partial charge in [0.1, 0.15) is 5.69 Å². The minimum absolute atomic E-state index is 0.0177. The lowest BCUT2D eigenvalue weighted by molar-refractivity contribution is 0.363. The Morgan fingerprint density at radius 3 is 2.86 bits per heavy atom. The largest absolute Gasteiger partial charge is 0.487 e. The highest BCUT2D eigenvalue weighted by molar-refractivity contribution is 5.51. The molecule has 0 spiro atoms. The van der Waals surface area contributed by atoms with E-state index >= 15 is 0 Å². The summed E-state index contributed by atoms with van der Waals surface area (Å²) in [4.78, 5) is 23.0. The van der Waals surface area contributed by atoms with E-state index in [2.05, 4.69) is 25.1 Å². The number of aromatic nitrogens is 5. The zero-order valence-electron chi connectivity index (χ0n) is 11.0. The Balaban J connectivity index is 2.09. The first-order valence-corrected chi connectivity index (χ1v) is 6.04. The summed E-state index contributed by atoms with van der Waals surface area (Å²) in [5.74, 6) is 0.734. The molecule has 3 heterocycles. The number of H-pyrrole nitrogens is 2. The summed E-state index contributed by atoms with van der Waals surface area (Å²) in [6, 6.07) is 5.30. The van der Waals surface area contributed by atoms with E-state index in [-0.39, 0.29) is 11.6 Å². The highest BCUT2D eigenvalue weighted by atomic mass is 16.5. The minimum Gasteiger partial charge on any atom is -0.487 e. The van der Waals surface area contributed by atoms with Gasteiger partial charge in [0.15, 0.2) is 11.6 Å². The van der Waals surface area contributed by atoms with Crippen molar-refractivity contribution >= 4 is 0 Å². The standard InChI is InChI=1S/C13H11N5O3/c1-20-10-12(19)17-11(9-4-2-3-5-14-9)18-13(10)21-8-6-15-16-7-8/h2-7H,1H3,(H,15,16)(H,17,18,19). The molecule has 3 aromatic rings. The summed E-state index contributed by atoms with van der Waals surface area (Å²) in [5.41, 5.74) is 0.0703. The monoisotopic (exact) mass is 285 g/mol. The molecule has 0 aromatic carbocycles. The summed E-state index contributed by atoms with van der Waals surface area (Å²) in [7, 11) is 1.37. The van der Waals surface area contributed by atoms with Crippen LogP contribution < -0.4 is 15.0 Å². The van der Waals surface area contributed by atoms with Gasteiger partial charge >= 0.3 is 0 Å². The second-order valence-corrected chi connectivity index (χ2v) is 4.00. The molecule has 2 N–H and O–H groups in total. The number of pyridine rings is 1. The van der Waals surface area contributed by atoms with E-state index in [1.165, 1.54) is 19.5 Å². The summed E-state index contributed by atoms with van der Waals surface area (Å²) < 4.78 is 10.5. The Morgan fingerprint density at radius 2 is 2.19 bits per heavy atom. The molecule has 8 heteroatoms. The van der Waals surface area contributed by atoms with Crippen LogP contribution in [0.25, 0.3) is 11.5 Å². The van der Waals surface area contributed by atoms with Crippen LogP contribution >= 0.6 is 0 Å². The van der Waals surface area contributed by atoms with Gasteiger partial charge in [-0.1, -0.05) is 6.07 Å². The molecule has 3 aromatic heterocycles. The van der Waals surface area contributed by atoms with Gasteiger partial charge < -0.3 is 14.5 Å². The molecule has 0 aliphatic heterocycles. The first-order chi connectivity index (χ1) is 10.3. The van der Waals surface area contributed by atoms with Crippen LogP contribution in [0.15, 0.2) is 41.6 Å². The van der Waals surface area contributed by atoms with Crippen LogP contribution in [0.5, 0.6) is 17.4 Å². The summed E-state index contributed by atoms with van der Waals surface area (Å²) in [6.07, 6.45) is 4.60. The molecule has 0 atom stereocenters. The quantitative estimate of drug-likeness (QED) is 0.749. The Kier molecular flexibility index (Phi) is 3.34. The minimum atomic E-state index is -0.452. The number of hydrogen-bond donors (Lipinski definition) is 2. The van der Waals surface area contributed by atoms with Crippen molar-refractivity contribution in [1.29, 1.82) is 0 Å².